The van der Waals surface area contributed by atoms with Crippen LogP contribution in [0.4, 0.5) is 11.5 Å². The largest absolute Gasteiger partial charge is 0.496 e. The van der Waals surface area contributed by atoms with E-state index in [-0.39, 0.29) is 6.10 Å². The van der Waals surface area contributed by atoms with Gasteiger partial charge in [0.15, 0.2) is 0 Å². The molecule has 1 saturated heterocycles. The highest BCUT2D eigenvalue weighted by Gasteiger charge is 2.22. The lowest BCUT2D eigenvalue weighted by atomic mass is 10.1. The van der Waals surface area contributed by atoms with E-state index in [0.717, 1.165) is 53.8 Å². The summed E-state index contributed by atoms with van der Waals surface area (Å²) in [5, 5.41) is 3.29. The first-order chi connectivity index (χ1) is 15.2. The van der Waals surface area contributed by atoms with E-state index < -0.39 is 0 Å². The number of ether oxygens (including phenoxy) is 2. The van der Waals surface area contributed by atoms with Gasteiger partial charge in [-0.1, -0.05) is 36.4 Å². The highest BCUT2D eigenvalue weighted by Crippen LogP contribution is 2.23. The first-order valence-electron chi connectivity index (χ1n) is 10.5. The van der Waals surface area contributed by atoms with Gasteiger partial charge in [0.05, 0.1) is 31.3 Å². The van der Waals surface area contributed by atoms with Gasteiger partial charge in [0.2, 0.25) is 0 Å². The van der Waals surface area contributed by atoms with Crippen LogP contribution >= 0.6 is 0 Å². The molecule has 1 N–H and O–H groups in total. The van der Waals surface area contributed by atoms with Gasteiger partial charge < -0.3 is 14.8 Å². The van der Waals surface area contributed by atoms with Gasteiger partial charge >= 0.3 is 0 Å². The quantitative estimate of drug-likeness (QED) is 0.606. The first-order valence-corrected chi connectivity index (χ1v) is 10.5. The predicted molar refractivity (Wildman–Crippen MR) is 124 cm³/mol. The predicted octanol–water partition coefficient (Wildman–Crippen LogP) is 4.62. The Balaban J connectivity index is 1.34. The van der Waals surface area contributed by atoms with Crippen LogP contribution in [-0.4, -0.2) is 48.2 Å². The molecule has 6 heteroatoms. The van der Waals surface area contributed by atoms with Gasteiger partial charge in [0.1, 0.15) is 17.7 Å². The maximum Gasteiger partial charge on any atom is 0.130 e. The lowest BCUT2D eigenvalue weighted by molar-refractivity contribution is -0.0281. The van der Waals surface area contributed by atoms with E-state index in [1.807, 2.05) is 61.7 Å². The number of para-hydroxylation sites is 1. The van der Waals surface area contributed by atoms with Crippen molar-refractivity contribution in [2.24, 2.45) is 0 Å². The molecule has 1 fully saturated rings. The molecule has 0 unspecified atom stereocenters. The molecule has 1 aliphatic rings. The van der Waals surface area contributed by atoms with E-state index in [0.29, 0.717) is 6.61 Å². The molecule has 3 heterocycles. The van der Waals surface area contributed by atoms with Crippen molar-refractivity contribution in [2.75, 3.05) is 38.7 Å². The molecule has 0 saturated carbocycles. The summed E-state index contributed by atoms with van der Waals surface area (Å²) in [5.41, 5.74) is 3.92. The number of rotatable bonds is 7. The van der Waals surface area contributed by atoms with Gasteiger partial charge in [0, 0.05) is 30.9 Å². The Morgan fingerprint density at radius 3 is 2.87 bits per heavy atom. The number of hydrogen-bond donors (Lipinski definition) is 1. The van der Waals surface area contributed by atoms with Gasteiger partial charge in [-0.2, -0.15) is 0 Å². The molecule has 1 atom stereocenters. The maximum atomic E-state index is 5.99. The fourth-order valence-corrected chi connectivity index (χ4v) is 3.61. The molecule has 1 aliphatic heterocycles. The van der Waals surface area contributed by atoms with E-state index >= 15 is 0 Å². The molecule has 2 aromatic heterocycles. The van der Waals surface area contributed by atoms with Crippen LogP contribution in [0.1, 0.15) is 23.1 Å². The molecule has 160 valence electrons. The maximum absolute atomic E-state index is 5.99. The zero-order valence-corrected chi connectivity index (χ0v) is 18.0. The van der Waals surface area contributed by atoms with Crippen molar-refractivity contribution in [3.63, 3.8) is 0 Å². The summed E-state index contributed by atoms with van der Waals surface area (Å²) in [6, 6.07) is 18.0. The van der Waals surface area contributed by atoms with Crippen molar-refractivity contribution in [2.45, 2.75) is 13.0 Å². The lowest BCUT2D eigenvalue weighted by Crippen LogP contribution is -2.38. The minimum absolute atomic E-state index is 0.0282. The summed E-state index contributed by atoms with van der Waals surface area (Å²) in [6.45, 7) is 5.25. The minimum atomic E-state index is -0.0282. The van der Waals surface area contributed by atoms with Crippen LogP contribution in [0.3, 0.4) is 0 Å². The number of nitrogens with one attached hydrogen (secondary N) is 1. The van der Waals surface area contributed by atoms with Crippen LogP contribution in [-0.2, 0) is 4.74 Å². The summed E-state index contributed by atoms with van der Waals surface area (Å²) in [6.07, 6.45) is 6.10. The molecule has 0 spiro atoms. The van der Waals surface area contributed by atoms with Crippen LogP contribution in [0.25, 0.3) is 6.08 Å². The third-order valence-electron chi connectivity index (χ3n) is 5.23. The molecule has 1 aromatic carbocycles. The second kappa shape index (κ2) is 10.2. The van der Waals surface area contributed by atoms with E-state index in [4.69, 9.17) is 9.47 Å². The van der Waals surface area contributed by atoms with E-state index in [1.165, 1.54) is 0 Å². The Morgan fingerprint density at radius 2 is 2.06 bits per heavy atom. The molecule has 0 radical (unpaired) electrons. The Bertz CT molecular complexity index is 1020. The third-order valence-corrected chi connectivity index (χ3v) is 5.23. The summed E-state index contributed by atoms with van der Waals surface area (Å²) in [7, 11) is 1.70. The zero-order chi connectivity index (χ0) is 21.5. The Hall–Kier alpha value is -3.22. The monoisotopic (exact) mass is 416 g/mol. The SMILES string of the molecule is COc1ccccc1/C=C/CN1CCO[C@H](c2ccc(Nc3cccc(C)n3)cn2)C1. The highest BCUT2D eigenvalue weighted by atomic mass is 16.5. The fourth-order valence-electron chi connectivity index (χ4n) is 3.61. The third kappa shape index (κ3) is 5.69. The second-order valence-corrected chi connectivity index (χ2v) is 7.52. The molecule has 6 nitrogen and oxygen atoms in total. The van der Waals surface area contributed by atoms with E-state index in [2.05, 4.69) is 38.4 Å². The van der Waals surface area contributed by atoms with Gasteiger partial charge in [-0.15, -0.1) is 0 Å². The van der Waals surface area contributed by atoms with Crippen LogP contribution in [0.2, 0.25) is 0 Å². The number of benzene rings is 1. The molecule has 31 heavy (non-hydrogen) atoms. The Kier molecular flexibility index (Phi) is 6.92. The van der Waals surface area contributed by atoms with E-state index in [1.54, 1.807) is 7.11 Å². The topological polar surface area (TPSA) is 59.5 Å². The lowest BCUT2D eigenvalue weighted by Gasteiger charge is -2.31. The van der Waals surface area contributed by atoms with Gasteiger partial charge in [0.25, 0.3) is 0 Å². The fraction of sp³-hybridized carbons (Fsp3) is 0.280. The minimum Gasteiger partial charge on any atom is -0.496 e. The van der Waals surface area contributed by atoms with Crippen molar-refractivity contribution in [1.29, 1.82) is 0 Å². The Morgan fingerprint density at radius 1 is 1.16 bits per heavy atom. The van der Waals surface area contributed by atoms with E-state index in [9.17, 15) is 0 Å². The standard InChI is InChI=1S/C25H28N4O2/c1-19-7-5-11-25(27-19)28-21-12-13-22(26-17-21)24-18-29(15-16-31-24)14-6-9-20-8-3-4-10-23(20)30-2/h3-13,17,24H,14-16,18H2,1-2H3,(H,27,28)/b9-6+/t24-/m0/s1. The van der Waals surface area contributed by atoms with Crippen molar-refractivity contribution in [1.82, 2.24) is 14.9 Å². The number of pyridine rings is 2. The molecule has 0 bridgehead atoms. The van der Waals surface area contributed by atoms with Crippen LogP contribution in [0.15, 0.2) is 66.9 Å². The van der Waals surface area contributed by atoms with Crippen LogP contribution < -0.4 is 10.1 Å². The zero-order valence-electron chi connectivity index (χ0n) is 18.0. The number of aryl methyl sites for hydroxylation is 1. The van der Waals surface area contributed by atoms with Crippen molar-refractivity contribution < 1.29 is 9.47 Å². The molecule has 4 rings (SSSR count). The highest BCUT2D eigenvalue weighted by molar-refractivity contribution is 5.57. The first kappa shape index (κ1) is 21.0. The molecular formula is C25H28N4O2. The average molecular weight is 417 g/mol. The number of hydrogen-bond acceptors (Lipinski definition) is 6. The molecule has 0 aliphatic carbocycles. The van der Waals surface area contributed by atoms with Crippen LogP contribution in [0.5, 0.6) is 5.75 Å². The molecular weight excluding hydrogens is 388 g/mol. The molecule has 3 aromatic rings. The summed E-state index contributed by atoms with van der Waals surface area (Å²) < 4.78 is 11.4. The van der Waals surface area contributed by atoms with Gasteiger partial charge in [-0.3, -0.25) is 9.88 Å². The summed E-state index contributed by atoms with van der Waals surface area (Å²) >= 11 is 0. The van der Waals surface area contributed by atoms with Crippen molar-refractivity contribution >= 4 is 17.6 Å². The number of morpholine rings is 1. The van der Waals surface area contributed by atoms with Gasteiger partial charge in [-0.25, -0.2) is 4.98 Å². The molecule has 0 amide bonds. The van der Waals surface area contributed by atoms with Crippen molar-refractivity contribution in [3.05, 3.63) is 83.8 Å². The summed E-state index contributed by atoms with van der Waals surface area (Å²) in [4.78, 5) is 11.5. The number of aromatic nitrogens is 2. The van der Waals surface area contributed by atoms with Gasteiger partial charge in [-0.05, 0) is 37.3 Å². The average Bonchev–Trinajstić information content (AvgIpc) is 2.80. The van der Waals surface area contributed by atoms with Crippen LogP contribution in [0, 0.1) is 6.92 Å². The summed E-state index contributed by atoms with van der Waals surface area (Å²) in [5.74, 6) is 1.70. The number of nitrogens with zero attached hydrogens (tertiary/aromatic N) is 3. The Labute approximate surface area is 183 Å². The second-order valence-electron chi connectivity index (χ2n) is 7.52. The smallest absolute Gasteiger partial charge is 0.130 e. The normalized spacial score (nSPS) is 17.0. The number of anilines is 2. The van der Waals surface area contributed by atoms with Crippen molar-refractivity contribution in [3.8, 4) is 5.75 Å². The number of methoxy groups -OCH3 is 1.